The van der Waals surface area contributed by atoms with E-state index in [9.17, 15) is 13.6 Å². The molecule has 0 saturated heterocycles. The average Bonchev–Trinajstić information content (AvgIpc) is 3.52. The molecule has 9 nitrogen and oxygen atoms in total. The van der Waals surface area contributed by atoms with E-state index < -0.39 is 12.3 Å². The van der Waals surface area contributed by atoms with E-state index in [4.69, 9.17) is 4.42 Å². The average molecular weight is 423 g/mol. The maximum Gasteiger partial charge on any atom is 0.329 e. The SMILES string of the molecule is Cn1c(=O)n(Cc2ccc(-c3nnc(C(F)F)o3)cn2)c2ccc(-c3cn[nH]c3)cc21. The molecule has 0 amide bonds. The third-order valence-corrected chi connectivity index (χ3v) is 5.00. The first-order valence-electron chi connectivity index (χ1n) is 9.26. The number of halogens is 2. The zero-order valence-corrected chi connectivity index (χ0v) is 16.2. The summed E-state index contributed by atoms with van der Waals surface area (Å²) in [6.07, 6.45) is 2.12. The van der Waals surface area contributed by atoms with Gasteiger partial charge in [0.2, 0.25) is 5.89 Å². The highest BCUT2D eigenvalue weighted by Crippen LogP contribution is 2.25. The molecule has 156 valence electrons. The number of aryl methyl sites for hydroxylation is 1. The largest absolute Gasteiger partial charge is 0.415 e. The second-order valence-electron chi connectivity index (χ2n) is 6.90. The van der Waals surface area contributed by atoms with E-state index in [2.05, 4.69) is 25.4 Å². The number of imidazole rings is 1. The van der Waals surface area contributed by atoms with Gasteiger partial charge in [0.1, 0.15) is 0 Å². The summed E-state index contributed by atoms with van der Waals surface area (Å²) >= 11 is 0. The second-order valence-corrected chi connectivity index (χ2v) is 6.90. The second kappa shape index (κ2) is 7.27. The maximum atomic E-state index is 12.8. The van der Waals surface area contributed by atoms with Gasteiger partial charge in [-0.05, 0) is 29.8 Å². The highest BCUT2D eigenvalue weighted by Gasteiger charge is 2.17. The standard InChI is InChI=1S/C20H15F2N7O2/c1-28-16-6-11(13-8-24-25-9-13)3-5-15(16)29(20(28)30)10-14-4-2-12(7-23-14)18-26-27-19(31-18)17(21)22/h2-9,17H,10H2,1H3,(H,24,25). The Morgan fingerprint density at radius 2 is 1.90 bits per heavy atom. The Bertz CT molecular complexity index is 1420. The molecule has 4 heterocycles. The molecule has 0 bridgehead atoms. The van der Waals surface area contributed by atoms with E-state index in [1.807, 2.05) is 18.2 Å². The molecule has 11 heteroatoms. The molecule has 0 aliphatic rings. The van der Waals surface area contributed by atoms with Crippen LogP contribution in [0.25, 0.3) is 33.6 Å². The van der Waals surface area contributed by atoms with E-state index >= 15 is 0 Å². The molecule has 0 radical (unpaired) electrons. The monoisotopic (exact) mass is 423 g/mol. The first kappa shape index (κ1) is 18.9. The molecule has 1 N–H and O–H groups in total. The lowest BCUT2D eigenvalue weighted by molar-refractivity contribution is 0.116. The van der Waals surface area contributed by atoms with Crippen molar-refractivity contribution in [1.29, 1.82) is 0 Å². The topological polar surface area (TPSA) is 107 Å². The van der Waals surface area contributed by atoms with Crippen LogP contribution in [0, 0.1) is 0 Å². The summed E-state index contributed by atoms with van der Waals surface area (Å²) in [4.78, 5) is 17.1. The van der Waals surface area contributed by atoms with Crippen molar-refractivity contribution in [1.82, 2.24) is 34.5 Å². The fourth-order valence-electron chi connectivity index (χ4n) is 3.39. The van der Waals surface area contributed by atoms with Crippen molar-refractivity contribution < 1.29 is 13.2 Å². The summed E-state index contributed by atoms with van der Waals surface area (Å²) in [5.74, 6) is -0.778. The van der Waals surface area contributed by atoms with Gasteiger partial charge in [-0.2, -0.15) is 13.9 Å². The molecule has 0 unspecified atom stereocenters. The van der Waals surface area contributed by atoms with Crippen LogP contribution in [-0.4, -0.2) is 34.5 Å². The lowest BCUT2D eigenvalue weighted by Gasteiger charge is -2.04. The van der Waals surface area contributed by atoms with Gasteiger partial charge in [0, 0.05) is 25.0 Å². The Morgan fingerprint density at radius 1 is 1.06 bits per heavy atom. The summed E-state index contributed by atoms with van der Waals surface area (Å²) < 4.78 is 33.4. The van der Waals surface area contributed by atoms with Crippen molar-refractivity contribution >= 4 is 11.0 Å². The van der Waals surface area contributed by atoms with Gasteiger partial charge in [0.15, 0.2) is 0 Å². The van der Waals surface area contributed by atoms with Gasteiger partial charge < -0.3 is 4.42 Å². The maximum absolute atomic E-state index is 12.8. The number of rotatable bonds is 5. The number of benzene rings is 1. The number of nitrogens with one attached hydrogen (secondary N) is 1. The number of hydrogen-bond acceptors (Lipinski definition) is 6. The molecule has 0 aliphatic carbocycles. The van der Waals surface area contributed by atoms with Crippen molar-refractivity contribution in [2.45, 2.75) is 13.0 Å². The highest BCUT2D eigenvalue weighted by atomic mass is 19.3. The fraction of sp³-hybridized carbons (Fsp3) is 0.150. The fourth-order valence-corrected chi connectivity index (χ4v) is 3.39. The minimum absolute atomic E-state index is 0.0385. The molecule has 0 aliphatic heterocycles. The quantitative estimate of drug-likeness (QED) is 0.465. The van der Waals surface area contributed by atoms with Crippen molar-refractivity contribution in [3.05, 3.63) is 71.0 Å². The molecule has 31 heavy (non-hydrogen) atoms. The lowest BCUT2D eigenvalue weighted by atomic mass is 10.1. The van der Waals surface area contributed by atoms with Crippen LogP contribution in [0.5, 0.6) is 0 Å². The molecule has 0 fully saturated rings. The zero-order valence-electron chi connectivity index (χ0n) is 16.2. The van der Waals surface area contributed by atoms with E-state index in [0.29, 0.717) is 11.3 Å². The van der Waals surface area contributed by atoms with Gasteiger partial charge in [-0.1, -0.05) is 6.07 Å². The van der Waals surface area contributed by atoms with Gasteiger partial charge in [-0.15, -0.1) is 10.2 Å². The van der Waals surface area contributed by atoms with Crippen LogP contribution in [0.15, 0.2) is 58.1 Å². The molecule has 0 atom stereocenters. The lowest BCUT2D eigenvalue weighted by Crippen LogP contribution is -2.23. The normalized spacial score (nSPS) is 11.6. The highest BCUT2D eigenvalue weighted by molar-refractivity contribution is 5.82. The van der Waals surface area contributed by atoms with Crippen LogP contribution < -0.4 is 5.69 Å². The number of hydrogen-bond donors (Lipinski definition) is 1. The Morgan fingerprint density at radius 3 is 2.58 bits per heavy atom. The third-order valence-electron chi connectivity index (χ3n) is 5.00. The van der Waals surface area contributed by atoms with Crippen molar-refractivity contribution in [2.24, 2.45) is 7.05 Å². The van der Waals surface area contributed by atoms with Crippen LogP contribution in [-0.2, 0) is 13.6 Å². The smallest absolute Gasteiger partial charge is 0.329 e. The number of aromatic amines is 1. The third kappa shape index (κ3) is 3.29. The molecule has 5 rings (SSSR count). The summed E-state index contributed by atoms with van der Waals surface area (Å²) in [6, 6.07) is 9.07. The number of alkyl halides is 2. The van der Waals surface area contributed by atoms with Crippen molar-refractivity contribution in [3.8, 4) is 22.6 Å². The van der Waals surface area contributed by atoms with E-state index in [1.165, 1.54) is 6.20 Å². The molecule has 0 spiro atoms. The predicted octanol–water partition coefficient (Wildman–Crippen LogP) is 3.16. The molecule has 0 saturated carbocycles. The van der Waals surface area contributed by atoms with Gasteiger partial charge in [-0.3, -0.25) is 19.2 Å². The number of fused-ring (bicyclic) bond motifs is 1. The predicted molar refractivity (Wildman–Crippen MR) is 106 cm³/mol. The van der Waals surface area contributed by atoms with Gasteiger partial charge in [0.05, 0.1) is 35.0 Å². The molecule has 1 aromatic carbocycles. The van der Waals surface area contributed by atoms with E-state index in [0.717, 1.165) is 22.2 Å². The molecular weight excluding hydrogens is 408 g/mol. The molecule has 5 aromatic rings. The van der Waals surface area contributed by atoms with Crippen LogP contribution in [0.4, 0.5) is 8.78 Å². The molecule has 4 aromatic heterocycles. The summed E-state index contributed by atoms with van der Waals surface area (Å²) in [5, 5.41) is 13.7. The van der Waals surface area contributed by atoms with Crippen LogP contribution in [0.2, 0.25) is 0 Å². The molecular formula is C20H15F2N7O2. The summed E-state index contributed by atoms with van der Waals surface area (Å²) in [6.45, 7) is 0.244. The first-order valence-corrected chi connectivity index (χ1v) is 9.26. The Labute approximate surface area is 173 Å². The van der Waals surface area contributed by atoms with E-state index in [1.54, 1.807) is 40.7 Å². The number of aromatic nitrogens is 7. The van der Waals surface area contributed by atoms with Crippen LogP contribution in [0.1, 0.15) is 18.0 Å². The Balaban J connectivity index is 1.46. The van der Waals surface area contributed by atoms with Crippen LogP contribution >= 0.6 is 0 Å². The Kier molecular flexibility index (Phi) is 4.42. The first-order chi connectivity index (χ1) is 15.0. The minimum Gasteiger partial charge on any atom is -0.415 e. The van der Waals surface area contributed by atoms with Crippen molar-refractivity contribution in [3.63, 3.8) is 0 Å². The van der Waals surface area contributed by atoms with E-state index in [-0.39, 0.29) is 18.1 Å². The summed E-state index contributed by atoms with van der Waals surface area (Å²) in [5.41, 5.74) is 4.28. The van der Waals surface area contributed by atoms with Gasteiger partial charge in [-0.25, -0.2) is 4.79 Å². The minimum atomic E-state index is -2.83. The summed E-state index contributed by atoms with van der Waals surface area (Å²) in [7, 11) is 1.72. The number of nitrogens with zero attached hydrogens (tertiary/aromatic N) is 6. The van der Waals surface area contributed by atoms with Crippen LogP contribution in [0.3, 0.4) is 0 Å². The Hall–Kier alpha value is -4.15. The number of pyridine rings is 1. The van der Waals surface area contributed by atoms with Crippen molar-refractivity contribution in [2.75, 3.05) is 0 Å². The number of H-pyrrole nitrogens is 1. The zero-order chi connectivity index (χ0) is 21.5. The van der Waals surface area contributed by atoms with Gasteiger partial charge >= 0.3 is 12.1 Å². The van der Waals surface area contributed by atoms with Gasteiger partial charge in [0.25, 0.3) is 5.89 Å².